The fourth-order valence-electron chi connectivity index (χ4n) is 2.36. The van der Waals surface area contributed by atoms with E-state index in [0.29, 0.717) is 5.56 Å². The highest BCUT2D eigenvalue weighted by Gasteiger charge is 2.21. The molecule has 0 saturated carbocycles. The number of nitrogen functional groups attached to an aromatic ring is 1. The summed E-state index contributed by atoms with van der Waals surface area (Å²) in [4.78, 5) is 18.5. The lowest BCUT2D eigenvalue weighted by atomic mass is 10.1. The number of amides is 1. The molecule has 1 atom stereocenters. The fourth-order valence-corrected chi connectivity index (χ4v) is 2.69. The number of rotatable bonds is 3. The molecule has 0 radical (unpaired) electrons. The molecule has 104 valence electrons. The van der Waals surface area contributed by atoms with Crippen LogP contribution in [0.3, 0.4) is 0 Å². The van der Waals surface area contributed by atoms with Crippen LogP contribution in [0.2, 0.25) is 0 Å². The fraction of sp³-hybridized carbons (Fsp3) is 0.538. The topological polar surface area (TPSA) is 71.2 Å². The van der Waals surface area contributed by atoms with Gasteiger partial charge in [0.2, 0.25) is 0 Å². The maximum Gasteiger partial charge on any atom is 0.255 e. The number of nitrogens with zero attached hydrogens (tertiary/aromatic N) is 2. The minimum atomic E-state index is -0.144. The quantitative estimate of drug-likeness (QED) is 0.885. The molecule has 1 fully saturated rings. The minimum absolute atomic E-state index is 0.144. The van der Waals surface area contributed by atoms with E-state index in [9.17, 15) is 4.79 Å². The lowest BCUT2D eigenvalue weighted by Crippen LogP contribution is -2.47. The van der Waals surface area contributed by atoms with Gasteiger partial charge in [-0.25, -0.2) is 4.98 Å². The number of pyridine rings is 1. The summed E-state index contributed by atoms with van der Waals surface area (Å²) in [5, 5.41) is 3.05. The largest absolute Gasteiger partial charge is 0.383 e. The normalized spacial score (nSPS) is 20.2. The number of likely N-dealkylation sites (N-methyl/N-ethyl adjacent to an activating group) is 1. The van der Waals surface area contributed by atoms with Gasteiger partial charge in [-0.3, -0.25) is 4.79 Å². The van der Waals surface area contributed by atoms with E-state index in [1.165, 1.54) is 0 Å². The van der Waals surface area contributed by atoms with Gasteiger partial charge in [0, 0.05) is 23.3 Å². The summed E-state index contributed by atoms with van der Waals surface area (Å²) in [7, 11) is 0. The Kier molecular flexibility index (Phi) is 4.76. The minimum Gasteiger partial charge on any atom is -0.383 e. The number of aromatic nitrogens is 1. The summed E-state index contributed by atoms with van der Waals surface area (Å²) >= 11 is 3.30. The van der Waals surface area contributed by atoms with E-state index < -0.39 is 0 Å². The van der Waals surface area contributed by atoms with Crippen LogP contribution in [0.25, 0.3) is 0 Å². The average molecular weight is 327 g/mol. The molecule has 5 nitrogen and oxygen atoms in total. The van der Waals surface area contributed by atoms with Crippen LogP contribution in [0.1, 0.15) is 30.1 Å². The van der Waals surface area contributed by atoms with E-state index in [4.69, 9.17) is 5.73 Å². The van der Waals surface area contributed by atoms with Crippen LogP contribution >= 0.6 is 15.9 Å². The maximum absolute atomic E-state index is 12.2. The Bertz CT molecular complexity index is 466. The van der Waals surface area contributed by atoms with Crippen LogP contribution in [0, 0.1) is 0 Å². The van der Waals surface area contributed by atoms with Crippen LogP contribution < -0.4 is 11.1 Å². The van der Waals surface area contributed by atoms with Crippen LogP contribution in [-0.2, 0) is 0 Å². The molecule has 2 heterocycles. The van der Waals surface area contributed by atoms with Crippen molar-refractivity contribution in [2.45, 2.75) is 25.8 Å². The number of nitrogens with one attached hydrogen (secondary N) is 1. The average Bonchev–Trinajstić information content (AvgIpc) is 2.41. The van der Waals surface area contributed by atoms with Gasteiger partial charge >= 0.3 is 0 Å². The van der Waals surface area contributed by atoms with Crippen molar-refractivity contribution in [1.82, 2.24) is 15.2 Å². The van der Waals surface area contributed by atoms with Crippen LogP contribution in [0.4, 0.5) is 5.82 Å². The first-order valence-electron chi connectivity index (χ1n) is 6.54. The zero-order valence-corrected chi connectivity index (χ0v) is 12.6. The number of piperidine rings is 1. The van der Waals surface area contributed by atoms with Gasteiger partial charge in [-0.1, -0.05) is 6.92 Å². The Morgan fingerprint density at radius 2 is 2.47 bits per heavy atom. The lowest BCUT2D eigenvalue weighted by Gasteiger charge is -2.32. The van der Waals surface area contributed by atoms with E-state index in [-0.39, 0.29) is 17.8 Å². The Morgan fingerprint density at radius 3 is 3.21 bits per heavy atom. The highest BCUT2D eigenvalue weighted by atomic mass is 79.9. The second kappa shape index (κ2) is 6.34. The number of carbonyl (C=O) groups excluding carboxylic acids is 1. The summed E-state index contributed by atoms with van der Waals surface area (Å²) in [6.07, 6.45) is 3.72. The molecule has 1 aliphatic heterocycles. The molecular formula is C13H19BrN4O. The monoisotopic (exact) mass is 326 g/mol. The van der Waals surface area contributed by atoms with Crippen LogP contribution in [0.5, 0.6) is 0 Å². The number of nitrogens with two attached hydrogens (primary N) is 1. The Morgan fingerprint density at radius 1 is 1.68 bits per heavy atom. The number of carbonyl (C=O) groups is 1. The standard InChI is InChI=1S/C13H19BrN4O/c1-2-18-5-3-4-10(8-18)17-13(19)11-6-9(14)7-16-12(11)15/h6-7,10H,2-5,8H2,1H3,(H2,15,16)(H,17,19). The summed E-state index contributed by atoms with van der Waals surface area (Å²) in [5.74, 6) is 0.123. The van der Waals surface area contributed by atoms with Crippen molar-refractivity contribution >= 4 is 27.7 Å². The number of halogens is 1. The van der Waals surface area contributed by atoms with E-state index in [2.05, 4.69) is 38.1 Å². The third-order valence-corrected chi connectivity index (χ3v) is 3.85. The van der Waals surface area contributed by atoms with Gasteiger partial charge in [-0.2, -0.15) is 0 Å². The molecule has 0 aliphatic carbocycles. The lowest BCUT2D eigenvalue weighted by molar-refractivity contribution is 0.0906. The van der Waals surface area contributed by atoms with E-state index in [1.54, 1.807) is 12.3 Å². The number of hydrogen-bond donors (Lipinski definition) is 2. The molecular weight excluding hydrogens is 308 g/mol. The first kappa shape index (κ1) is 14.3. The molecule has 1 unspecified atom stereocenters. The second-order valence-corrected chi connectivity index (χ2v) is 5.71. The predicted molar refractivity (Wildman–Crippen MR) is 79.0 cm³/mol. The molecule has 6 heteroatoms. The molecule has 1 amide bonds. The Hall–Kier alpha value is -1.14. The van der Waals surface area contributed by atoms with Gasteiger partial charge in [0.05, 0.1) is 5.56 Å². The third kappa shape index (κ3) is 3.67. The molecule has 3 N–H and O–H groups in total. The van der Waals surface area contributed by atoms with E-state index in [0.717, 1.165) is 36.9 Å². The van der Waals surface area contributed by atoms with Gasteiger partial charge in [0.25, 0.3) is 5.91 Å². The summed E-state index contributed by atoms with van der Waals surface area (Å²) in [6.45, 7) is 5.18. The molecule has 2 rings (SSSR count). The number of likely N-dealkylation sites (tertiary alicyclic amines) is 1. The van der Waals surface area contributed by atoms with Crippen molar-refractivity contribution in [1.29, 1.82) is 0 Å². The third-order valence-electron chi connectivity index (χ3n) is 3.42. The van der Waals surface area contributed by atoms with Gasteiger partial charge in [0.15, 0.2) is 0 Å². The highest BCUT2D eigenvalue weighted by Crippen LogP contribution is 2.16. The Balaban J connectivity index is 2.02. The first-order chi connectivity index (χ1) is 9.10. The summed E-state index contributed by atoms with van der Waals surface area (Å²) in [6, 6.07) is 1.90. The molecule has 1 aromatic heterocycles. The maximum atomic E-state index is 12.2. The molecule has 1 aromatic rings. The second-order valence-electron chi connectivity index (χ2n) is 4.79. The highest BCUT2D eigenvalue weighted by molar-refractivity contribution is 9.10. The van der Waals surface area contributed by atoms with Crippen LogP contribution in [0.15, 0.2) is 16.7 Å². The predicted octanol–water partition coefficient (Wildman–Crippen LogP) is 1.64. The van der Waals surface area contributed by atoms with Crippen molar-refractivity contribution < 1.29 is 4.79 Å². The smallest absolute Gasteiger partial charge is 0.255 e. The zero-order valence-electron chi connectivity index (χ0n) is 11.0. The molecule has 0 spiro atoms. The molecule has 0 bridgehead atoms. The Labute approximate surface area is 121 Å². The molecule has 19 heavy (non-hydrogen) atoms. The number of anilines is 1. The van der Waals surface area contributed by atoms with E-state index >= 15 is 0 Å². The van der Waals surface area contributed by atoms with Gasteiger partial charge in [-0.05, 0) is 47.9 Å². The zero-order chi connectivity index (χ0) is 13.8. The summed E-state index contributed by atoms with van der Waals surface area (Å²) < 4.78 is 0.755. The van der Waals surface area contributed by atoms with Crippen molar-refractivity contribution in [3.8, 4) is 0 Å². The SMILES string of the molecule is CCN1CCCC(NC(=O)c2cc(Br)cnc2N)C1. The van der Waals surface area contributed by atoms with Crippen molar-refractivity contribution in [3.05, 3.63) is 22.3 Å². The van der Waals surface area contributed by atoms with Crippen molar-refractivity contribution in [2.75, 3.05) is 25.4 Å². The van der Waals surface area contributed by atoms with Crippen molar-refractivity contribution in [3.63, 3.8) is 0 Å². The molecule has 1 aliphatic rings. The molecule has 0 aromatic carbocycles. The summed E-state index contributed by atoms with van der Waals surface area (Å²) in [5.41, 5.74) is 6.18. The van der Waals surface area contributed by atoms with Crippen LogP contribution in [-0.4, -0.2) is 41.5 Å². The van der Waals surface area contributed by atoms with Crippen molar-refractivity contribution in [2.24, 2.45) is 0 Å². The van der Waals surface area contributed by atoms with Gasteiger partial charge < -0.3 is 16.0 Å². The first-order valence-corrected chi connectivity index (χ1v) is 7.33. The van der Waals surface area contributed by atoms with Gasteiger partial charge in [-0.15, -0.1) is 0 Å². The van der Waals surface area contributed by atoms with E-state index in [1.807, 2.05) is 0 Å². The van der Waals surface area contributed by atoms with Gasteiger partial charge in [0.1, 0.15) is 5.82 Å². The number of hydrogen-bond acceptors (Lipinski definition) is 4. The molecule has 1 saturated heterocycles.